The maximum atomic E-state index is 13.8. The first-order valence-electron chi connectivity index (χ1n) is 13.4. The number of aromatic nitrogens is 2. The van der Waals surface area contributed by atoms with Gasteiger partial charge in [-0.25, -0.2) is 9.97 Å². The lowest BCUT2D eigenvalue weighted by atomic mass is 9.76. The Labute approximate surface area is 235 Å². The lowest BCUT2D eigenvalue weighted by Crippen LogP contribution is -2.53. The van der Waals surface area contributed by atoms with Crippen molar-refractivity contribution in [1.29, 1.82) is 0 Å². The molecule has 0 spiro atoms. The number of halogens is 1. The van der Waals surface area contributed by atoms with Gasteiger partial charge in [0.1, 0.15) is 18.2 Å². The summed E-state index contributed by atoms with van der Waals surface area (Å²) in [5.74, 6) is 0.240. The van der Waals surface area contributed by atoms with Gasteiger partial charge < -0.3 is 15.1 Å². The van der Waals surface area contributed by atoms with Crippen LogP contribution in [0.1, 0.15) is 45.1 Å². The summed E-state index contributed by atoms with van der Waals surface area (Å²) < 4.78 is 25.4. The third-order valence-electron chi connectivity index (χ3n) is 8.30. The number of carbonyl (C=O) groups excluding carboxylic acids is 1. The highest BCUT2D eigenvalue weighted by molar-refractivity contribution is 7.73. The van der Waals surface area contributed by atoms with Crippen molar-refractivity contribution in [3.05, 3.63) is 65.4 Å². The molecule has 1 aromatic heterocycles. The van der Waals surface area contributed by atoms with Gasteiger partial charge in [-0.05, 0) is 70.3 Å². The highest BCUT2D eigenvalue weighted by Gasteiger charge is 2.44. The second-order valence-corrected chi connectivity index (χ2v) is 12.1. The predicted molar refractivity (Wildman–Crippen MR) is 156 cm³/mol. The molecule has 1 aliphatic heterocycles. The van der Waals surface area contributed by atoms with E-state index >= 15 is 0 Å². The molecule has 206 valence electrons. The van der Waals surface area contributed by atoms with Gasteiger partial charge in [0.2, 0.25) is 16.2 Å². The van der Waals surface area contributed by atoms with Crippen molar-refractivity contribution in [1.82, 2.24) is 19.8 Å². The van der Waals surface area contributed by atoms with Gasteiger partial charge in [0.15, 0.2) is 0 Å². The quantitative estimate of drug-likeness (QED) is 0.336. The number of likely N-dealkylation sites (tertiary alicyclic amines) is 1. The van der Waals surface area contributed by atoms with E-state index in [4.69, 9.17) is 11.6 Å². The van der Waals surface area contributed by atoms with Gasteiger partial charge in [0.05, 0.1) is 10.4 Å². The van der Waals surface area contributed by atoms with Crippen LogP contribution in [0.3, 0.4) is 0 Å². The summed E-state index contributed by atoms with van der Waals surface area (Å²) in [7, 11) is -0.316. The zero-order valence-electron chi connectivity index (χ0n) is 22.4. The molecule has 1 amide bonds. The molecule has 39 heavy (non-hydrogen) atoms. The summed E-state index contributed by atoms with van der Waals surface area (Å²) in [4.78, 5) is 27.1. The van der Waals surface area contributed by atoms with Gasteiger partial charge in [-0.2, -0.15) is 8.42 Å². The SMILES string of the molecule is CC(C)N(C)[C@@H]1CC[C@H](N2CCC(Nc3ncnc4ccc(Cl)cc34)C2=O)[C@H](C(c2ccccc2)=S(=O)=O)C1. The average molecular weight is 568 g/mol. The molecule has 4 atom stereocenters. The maximum Gasteiger partial charge on any atom is 0.245 e. The summed E-state index contributed by atoms with van der Waals surface area (Å²) in [6.07, 6.45) is 4.40. The molecule has 1 saturated carbocycles. The van der Waals surface area contributed by atoms with E-state index in [0.29, 0.717) is 46.7 Å². The molecule has 2 aliphatic rings. The highest BCUT2D eigenvalue weighted by Crippen LogP contribution is 2.36. The van der Waals surface area contributed by atoms with E-state index in [2.05, 4.69) is 41.1 Å². The Morgan fingerprint density at radius 3 is 2.59 bits per heavy atom. The van der Waals surface area contributed by atoms with Gasteiger partial charge in [-0.15, -0.1) is 0 Å². The van der Waals surface area contributed by atoms with Crippen LogP contribution in [-0.2, 0) is 15.1 Å². The number of carbonyl (C=O) groups is 1. The zero-order chi connectivity index (χ0) is 27.7. The van der Waals surface area contributed by atoms with Crippen LogP contribution in [0.5, 0.6) is 0 Å². The number of amides is 1. The summed E-state index contributed by atoms with van der Waals surface area (Å²) in [5, 5.41) is 4.66. The maximum absolute atomic E-state index is 13.8. The molecule has 2 aromatic carbocycles. The van der Waals surface area contributed by atoms with E-state index in [9.17, 15) is 13.2 Å². The summed E-state index contributed by atoms with van der Waals surface area (Å²) in [6, 6.07) is 14.6. The smallest absolute Gasteiger partial charge is 0.245 e. The first-order valence-corrected chi connectivity index (χ1v) is 14.9. The van der Waals surface area contributed by atoms with Crippen molar-refractivity contribution >= 4 is 49.4 Å². The molecule has 5 rings (SSSR count). The second kappa shape index (κ2) is 11.6. The van der Waals surface area contributed by atoms with Gasteiger partial charge in [0, 0.05) is 41.0 Å². The largest absolute Gasteiger partial charge is 0.358 e. The van der Waals surface area contributed by atoms with Gasteiger partial charge >= 0.3 is 0 Å². The van der Waals surface area contributed by atoms with Crippen LogP contribution < -0.4 is 5.32 Å². The molecule has 2 heterocycles. The van der Waals surface area contributed by atoms with Crippen molar-refractivity contribution in [3.8, 4) is 0 Å². The predicted octanol–water partition coefficient (Wildman–Crippen LogP) is 4.27. The van der Waals surface area contributed by atoms with E-state index < -0.39 is 16.3 Å². The number of rotatable bonds is 7. The molecule has 1 aliphatic carbocycles. The van der Waals surface area contributed by atoms with Crippen LogP contribution in [0.25, 0.3) is 10.9 Å². The van der Waals surface area contributed by atoms with E-state index in [1.165, 1.54) is 6.33 Å². The Hall–Kier alpha value is -3.01. The van der Waals surface area contributed by atoms with Crippen molar-refractivity contribution in [3.63, 3.8) is 0 Å². The van der Waals surface area contributed by atoms with Crippen molar-refractivity contribution in [2.24, 2.45) is 5.92 Å². The van der Waals surface area contributed by atoms with Crippen LogP contribution in [0.15, 0.2) is 54.9 Å². The number of hydrogen-bond donors (Lipinski definition) is 1. The minimum absolute atomic E-state index is 0.0291. The topological polar surface area (TPSA) is 95.5 Å². The monoisotopic (exact) mass is 567 g/mol. The molecule has 8 nitrogen and oxygen atoms in total. The molecule has 0 bridgehead atoms. The molecule has 1 saturated heterocycles. The van der Waals surface area contributed by atoms with Crippen LogP contribution >= 0.6 is 11.6 Å². The second-order valence-electron chi connectivity index (χ2n) is 10.8. The summed E-state index contributed by atoms with van der Waals surface area (Å²) >= 11 is 6.22. The molecule has 1 N–H and O–H groups in total. The number of benzene rings is 2. The number of hydrogen-bond acceptors (Lipinski definition) is 7. The number of fused-ring (bicyclic) bond motifs is 1. The third-order valence-corrected chi connectivity index (χ3v) is 9.43. The normalized spacial score (nSPS) is 23.5. The fourth-order valence-corrected chi connectivity index (χ4v) is 7.09. The van der Waals surface area contributed by atoms with Gasteiger partial charge in [-0.3, -0.25) is 4.79 Å². The van der Waals surface area contributed by atoms with Crippen LogP contribution in [0.2, 0.25) is 5.02 Å². The van der Waals surface area contributed by atoms with Crippen LogP contribution in [-0.4, -0.2) is 76.7 Å². The van der Waals surface area contributed by atoms with Gasteiger partial charge in [0.25, 0.3) is 0 Å². The van der Waals surface area contributed by atoms with Crippen molar-refractivity contribution in [2.45, 2.75) is 63.7 Å². The molecule has 2 fully saturated rings. The number of nitrogens with zero attached hydrogens (tertiary/aromatic N) is 4. The minimum Gasteiger partial charge on any atom is -0.358 e. The van der Waals surface area contributed by atoms with Crippen LogP contribution in [0, 0.1) is 5.92 Å². The number of anilines is 1. The lowest BCUT2D eigenvalue weighted by Gasteiger charge is -2.44. The van der Waals surface area contributed by atoms with E-state index in [-0.39, 0.29) is 23.9 Å². The molecular weight excluding hydrogens is 534 g/mol. The molecule has 10 heteroatoms. The summed E-state index contributed by atoms with van der Waals surface area (Å²) in [5.41, 5.74) is 1.44. The molecule has 1 unspecified atom stereocenters. The minimum atomic E-state index is -2.42. The lowest BCUT2D eigenvalue weighted by molar-refractivity contribution is -0.131. The van der Waals surface area contributed by atoms with E-state index in [0.717, 1.165) is 23.7 Å². The molecule has 0 radical (unpaired) electrons. The van der Waals surface area contributed by atoms with Crippen LogP contribution in [0.4, 0.5) is 5.82 Å². The Kier molecular flexibility index (Phi) is 8.21. The Morgan fingerprint density at radius 2 is 1.87 bits per heavy atom. The fourth-order valence-electron chi connectivity index (χ4n) is 6.09. The Morgan fingerprint density at radius 1 is 1.10 bits per heavy atom. The standard InChI is InChI=1S/C29H34ClN5O3S/c1-18(2)34(3)21-10-12-26(23(16-21)27(39(37)38)19-7-5-4-6-8-19)35-14-13-25(29(35)36)33-28-22-15-20(30)9-11-24(22)31-17-32-28/h4-9,11,15,17-18,21,23,25-26H,10,12-14,16H2,1-3H3,(H,31,32,33)/t21-,23-,25?,26+/m1/s1. The fraction of sp³-hybridized carbons (Fsp3) is 0.448. The van der Waals surface area contributed by atoms with E-state index in [1.807, 2.05) is 41.3 Å². The number of nitrogens with one attached hydrogen (secondary N) is 1. The van der Waals surface area contributed by atoms with Gasteiger partial charge in [-0.1, -0.05) is 41.9 Å². The van der Waals surface area contributed by atoms with Crippen molar-refractivity contribution in [2.75, 3.05) is 18.9 Å². The molecular formula is C29H34ClN5O3S. The highest BCUT2D eigenvalue weighted by atomic mass is 35.5. The Balaban J connectivity index is 1.44. The first kappa shape index (κ1) is 27.6. The summed E-state index contributed by atoms with van der Waals surface area (Å²) in [6.45, 7) is 4.86. The van der Waals surface area contributed by atoms with Crippen molar-refractivity contribution < 1.29 is 13.2 Å². The first-order chi connectivity index (χ1) is 18.7. The average Bonchev–Trinajstić information content (AvgIpc) is 3.28. The Bertz CT molecular complexity index is 1490. The molecule has 3 aromatic rings. The zero-order valence-corrected chi connectivity index (χ0v) is 24.0. The van der Waals surface area contributed by atoms with E-state index in [1.54, 1.807) is 12.1 Å². The third kappa shape index (κ3) is 5.66.